The van der Waals surface area contributed by atoms with Crippen LogP contribution in [-0.2, 0) is 4.79 Å². The van der Waals surface area contributed by atoms with Gasteiger partial charge < -0.3 is 19.7 Å². The van der Waals surface area contributed by atoms with Crippen LogP contribution in [0.25, 0.3) is 0 Å². The van der Waals surface area contributed by atoms with Crippen molar-refractivity contribution in [2.45, 2.75) is 32.2 Å². The van der Waals surface area contributed by atoms with Crippen LogP contribution in [0.15, 0.2) is 48.5 Å². The molecule has 0 aromatic heterocycles. The molecule has 1 heterocycles. The Morgan fingerprint density at radius 3 is 2.30 bits per heavy atom. The van der Waals surface area contributed by atoms with E-state index in [0.29, 0.717) is 13.2 Å². The first-order valence-corrected chi connectivity index (χ1v) is 10.7. The zero-order chi connectivity index (χ0) is 21.3. The van der Waals surface area contributed by atoms with Crippen molar-refractivity contribution in [2.75, 3.05) is 50.6 Å². The summed E-state index contributed by atoms with van der Waals surface area (Å²) in [6.07, 6.45) is 3.83. The molecule has 3 rings (SSSR count). The van der Waals surface area contributed by atoms with Crippen LogP contribution < -0.4 is 19.7 Å². The van der Waals surface area contributed by atoms with Gasteiger partial charge in [0, 0.05) is 31.0 Å². The summed E-state index contributed by atoms with van der Waals surface area (Å²) in [6.45, 7) is 5.29. The van der Waals surface area contributed by atoms with Crippen LogP contribution in [0.2, 0.25) is 0 Å². The van der Waals surface area contributed by atoms with Crippen molar-refractivity contribution >= 4 is 17.3 Å². The molecule has 0 saturated carbocycles. The number of anilines is 2. The second-order valence-corrected chi connectivity index (χ2v) is 7.76. The fourth-order valence-corrected chi connectivity index (χ4v) is 3.53. The predicted molar refractivity (Wildman–Crippen MR) is 122 cm³/mol. The number of methoxy groups -OCH3 is 1. The summed E-state index contributed by atoms with van der Waals surface area (Å²) in [6, 6.07) is 15.4. The van der Waals surface area contributed by atoms with Crippen molar-refractivity contribution in [3.63, 3.8) is 0 Å². The SMILES string of the molecule is COc1ccc(OCCN(C)[C@@H](C)C(=O)Nc2ccc(N3CCCCC3)cc2)cc1. The van der Waals surface area contributed by atoms with Crippen molar-refractivity contribution in [2.24, 2.45) is 0 Å². The lowest BCUT2D eigenvalue weighted by atomic mass is 10.1. The normalized spacial score (nSPS) is 15.0. The van der Waals surface area contributed by atoms with Crippen LogP contribution in [0.4, 0.5) is 11.4 Å². The third-order valence-electron chi connectivity index (χ3n) is 5.67. The quantitative estimate of drug-likeness (QED) is 0.675. The smallest absolute Gasteiger partial charge is 0.241 e. The van der Waals surface area contributed by atoms with E-state index in [-0.39, 0.29) is 11.9 Å². The summed E-state index contributed by atoms with van der Waals surface area (Å²) in [5, 5.41) is 3.02. The number of benzene rings is 2. The Labute approximate surface area is 179 Å². The highest BCUT2D eigenvalue weighted by Gasteiger charge is 2.18. The maximum Gasteiger partial charge on any atom is 0.241 e. The van der Waals surface area contributed by atoms with Crippen LogP contribution in [0.1, 0.15) is 26.2 Å². The minimum absolute atomic E-state index is 0.0207. The van der Waals surface area contributed by atoms with E-state index >= 15 is 0 Å². The molecule has 1 saturated heterocycles. The van der Waals surface area contributed by atoms with Gasteiger partial charge in [0.05, 0.1) is 13.2 Å². The van der Waals surface area contributed by atoms with Gasteiger partial charge in [-0.05, 0) is 81.8 Å². The van der Waals surface area contributed by atoms with E-state index in [9.17, 15) is 4.79 Å². The second-order valence-electron chi connectivity index (χ2n) is 7.76. The molecule has 30 heavy (non-hydrogen) atoms. The highest BCUT2D eigenvalue weighted by molar-refractivity contribution is 5.94. The maximum absolute atomic E-state index is 12.6. The number of likely N-dealkylation sites (N-methyl/N-ethyl adjacent to an activating group) is 1. The van der Waals surface area contributed by atoms with Crippen LogP contribution >= 0.6 is 0 Å². The number of carbonyl (C=O) groups is 1. The van der Waals surface area contributed by atoms with Gasteiger partial charge >= 0.3 is 0 Å². The summed E-state index contributed by atoms with van der Waals surface area (Å²) < 4.78 is 10.9. The van der Waals surface area contributed by atoms with E-state index in [4.69, 9.17) is 9.47 Å². The Hall–Kier alpha value is -2.73. The van der Waals surface area contributed by atoms with E-state index in [0.717, 1.165) is 30.3 Å². The first kappa shape index (κ1) is 22.0. The number of hydrogen-bond acceptors (Lipinski definition) is 5. The van der Waals surface area contributed by atoms with Gasteiger partial charge in [0.25, 0.3) is 0 Å². The summed E-state index contributed by atoms with van der Waals surface area (Å²) in [4.78, 5) is 17.0. The number of nitrogens with one attached hydrogen (secondary N) is 1. The fourth-order valence-electron chi connectivity index (χ4n) is 3.53. The molecule has 1 amide bonds. The minimum atomic E-state index is -0.258. The minimum Gasteiger partial charge on any atom is -0.497 e. The summed E-state index contributed by atoms with van der Waals surface area (Å²) in [5.74, 6) is 1.57. The second kappa shape index (κ2) is 10.9. The lowest BCUT2D eigenvalue weighted by Crippen LogP contribution is -2.41. The first-order chi connectivity index (χ1) is 14.6. The molecule has 0 aliphatic carbocycles. The third kappa shape index (κ3) is 6.13. The van der Waals surface area contributed by atoms with Gasteiger partial charge in [-0.2, -0.15) is 0 Å². The maximum atomic E-state index is 12.6. The van der Waals surface area contributed by atoms with Gasteiger partial charge in [-0.15, -0.1) is 0 Å². The van der Waals surface area contributed by atoms with E-state index in [1.807, 2.05) is 55.3 Å². The Morgan fingerprint density at radius 1 is 1.03 bits per heavy atom. The number of amides is 1. The van der Waals surface area contributed by atoms with Gasteiger partial charge in [-0.1, -0.05) is 0 Å². The van der Waals surface area contributed by atoms with Crippen LogP contribution in [-0.4, -0.2) is 57.2 Å². The highest BCUT2D eigenvalue weighted by Crippen LogP contribution is 2.22. The topological polar surface area (TPSA) is 54.0 Å². The van der Waals surface area contributed by atoms with E-state index in [2.05, 4.69) is 22.3 Å². The van der Waals surface area contributed by atoms with E-state index < -0.39 is 0 Å². The van der Waals surface area contributed by atoms with E-state index in [1.165, 1.54) is 24.9 Å². The molecule has 1 fully saturated rings. The van der Waals surface area contributed by atoms with Crippen LogP contribution in [0.3, 0.4) is 0 Å². The Morgan fingerprint density at radius 2 is 1.67 bits per heavy atom. The highest BCUT2D eigenvalue weighted by atomic mass is 16.5. The molecule has 162 valence electrons. The Bertz CT molecular complexity index is 786. The zero-order valence-corrected chi connectivity index (χ0v) is 18.3. The molecule has 1 atom stereocenters. The molecular weight excluding hydrogens is 378 g/mol. The molecule has 6 heteroatoms. The first-order valence-electron chi connectivity index (χ1n) is 10.7. The molecule has 6 nitrogen and oxygen atoms in total. The average Bonchev–Trinajstić information content (AvgIpc) is 2.80. The van der Waals surface area contributed by atoms with Crippen molar-refractivity contribution in [3.05, 3.63) is 48.5 Å². The van der Waals surface area contributed by atoms with Gasteiger partial charge in [0.2, 0.25) is 5.91 Å². The Balaban J connectivity index is 1.43. The number of rotatable bonds is 9. The van der Waals surface area contributed by atoms with Crippen LogP contribution in [0.5, 0.6) is 11.5 Å². The fraction of sp³-hybridized carbons (Fsp3) is 0.458. The number of hydrogen-bond donors (Lipinski definition) is 1. The average molecular weight is 412 g/mol. The molecule has 1 aliphatic rings. The lowest BCUT2D eigenvalue weighted by molar-refractivity contribution is -0.120. The van der Waals surface area contributed by atoms with Crippen molar-refractivity contribution in [3.8, 4) is 11.5 Å². The van der Waals surface area contributed by atoms with Crippen molar-refractivity contribution in [1.82, 2.24) is 4.90 Å². The zero-order valence-electron chi connectivity index (χ0n) is 18.3. The number of ether oxygens (including phenoxy) is 2. The molecule has 2 aromatic carbocycles. The molecule has 1 aliphatic heterocycles. The predicted octanol–water partition coefficient (Wildman–Crippen LogP) is 4.02. The molecule has 0 bridgehead atoms. The van der Waals surface area contributed by atoms with Crippen molar-refractivity contribution in [1.29, 1.82) is 0 Å². The molecular formula is C24H33N3O3. The number of piperidine rings is 1. The molecule has 0 radical (unpaired) electrons. The van der Waals surface area contributed by atoms with Gasteiger partial charge in [0.15, 0.2) is 0 Å². The lowest BCUT2D eigenvalue weighted by Gasteiger charge is -2.29. The largest absolute Gasteiger partial charge is 0.497 e. The molecule has 1 N–H and O–H groups in total. The van der Waals surface area contributed by atoms with Gasteiger partial charge in [-0.3, -0.25) is 9.69 Å². The summed E-state index contributed by atoms with van der Waals surface area (Å²) in [5.41, 5.74) is 2.06. The number of carbonyl (C=O) groups excluding carboxylic acids is 1. The van der Waals surface area contributed by atoms with Crippen molar-refractivity contribution < 1.29 is 14.3 Å². The molecule has 2 aromatic rings. The third-order valence-corrected chi connectivity index (χ3v) is 5.67. The summed E-state index contributed by atoms with van der Waals surface area (Å²) in [7, 11) is 3.57. The standard InChI is InChI=1S/C24H33N3O3/c1-19(26(2)17-18-30-23-13-11-22(29-3)12-14-23)24(28)25-20-7-9-21(10-8-20)27-15-5-4-6-16-27/h7-14,19H,4-6,15-18H2,1-3H3,(H,25,28)/t19-/m0/s1. The Kier molecular flexibility index (Phi) is 7.97. The van der Waals surface area contributed by atoms with Crippen LogP contribution in [0, 0.1) is 0 Å². The molecule has 0 spiro atoms. The monoisotopic (exact) mass is 411 g/mol. The van der Waals surface area contributed by atoms with Gasteiger partial charge in [0.1, 0.15) is 18.1 Å². The van der Waals surface area contributed by atoms with Gasteiger partial charge in [-0.25, -0.2) is 0 Å². The molecule has 0 unspecified atom stereocenters. The number of nitrogens with zero attached hydrogens (tertiary/aromatic N) is 2. The summed E-state index contributed by atoms with van der Waals surface area (Å²) >= 11 is 0. The van der Waals surface area contributed by atoms with E-state index in [1.54, 1.807) is 7.11 Å².